The molecule has 1 N–H and O–H groups in total. The number of ether oxygens (including phenoxy) is 3. The maximum Gasteiger partial charge on any atom is 0.341 e. The third-order valence-corrected chi connectivity index (χ3v) is 2.93. The zero-order chi connectivity index (χ0) is 15.7. The summed E-state index contributed by atoms with van der Waals surface area (Å²) in [5.41, 5.74) is 1.47. The first-order valence-electron chi connectivity index (χ1n) is 6.96. The van der Waals surface area contributed by atoms with Crippen LogP contribution in [0.2, 0.25) is 0 Å². The van der Waals surface area contributed by atoms with Gasteiger partial charge in [-0.15, -0.1) is 5.10 Å². The molecular weight excluding hydrogens is 276 g/mol. The van der Waals surface area contributed by atoms with Crippen molar-refractivity contribution in [2.45, 2.75) is 26.7 Å². The predicted molar refractivity (Wildman–Crippen MR) is 75.9 cm³/mol. The van der Waals surface area contributed by atoms with Crippen LogP contribution in [0.4, 0.5) is 0 Å². The monoisotopic (exact) mass is 298 g/mol. The van der Waals surface area contributed by atoms with Crippen LogP contribution in [-0.4, -0.2) is 54.8 Å². The molecule has 0 aliphatic rings. The number of nitrogens with zero attached hydrogens (tertiary/aromatic N) is 2. The molecule has 0 atom stereocenters. The van der Waals surface area contributed by atoms with Gasteiger partial charge in [-0.2, -0.15) is 5.10 Å². The first-order chi connectivity index (χ1) is 10.2. The van der Waals surface area contributed by atoms with Crippen molar-refractivity contribution >= 4 is 5.97 Å². The van der Waals surface area contributed by atoms with Gasteiger partial charge in [-0.25, -0.2) is 4.79 Å². The van der Waals surface area contributed by atoms with Crippen molar-refractivity contribution < 1.29 is 24.1 Å². The summed E-state index contributed by atoms with van der Waals surface area (Å²) in [7, 11) is 1.59. The van der Waals surface area contributed by atoms with Gasteiger partial charge in [0, 0.05) is 7.11 Å². The first-order valence-corrected chi connectivity index (χ1v) is 6.96. The molecule has 0 aliphatic carbocycles. The van der Waals surface area contributed by atoms with Gasteiger partial charge in [0.1, 0.15) is 12.2 Å². The molecule has 0 bridgehead atoms. The number of methoxy groups -OCH3 is 1. The Bertz CT molecular complexity index is 465. The summed E-state index contributed by atoms with van der Waals surface area (Å²) < 4.78 is 15.5. The summed E-state index contributed by atoms with van der Waals surface area (Å²) in [6.07, 6.45) is 1.21. The van der Waals surface area contributed by atoms with Crippen molar-refractivity contribution in [3.63, 3.8) is 0 Å². The van der Waals surface area contributed by atoms with E-state index in [0.29, 0.717) is 43.9 Å². The number of carboxylic acid groups (broad SMARTS) is 1. The average molecular weight is 298 g/mol. The van der Waals surface area contributed by atoms with E-state index in [1.165, 1.54) is 0 Å². The van der Waals surface area contributed by atoms with Crippen LogP contribution in [-0.2, 0) is 22.3 Å². The smallest absolute Gasteiger partial charge is 0.341 e. The molecule has 118 valence electrons. The summed E-state index contributed by atoms with van der Waals surface area (Å²) in [6.45, 7) is 5.32. The SMILES string of the molecule is CCc1nnc(OCCOCCOC)c(C(=O)O)c1CC. The van der Waals surface area contributed by atoms with E-state index in [1.807, 2.05) is 13.8 Å². The lowest BCUT2D eigenvalue weighted by Crippen LogP contribution is -2.16. The number of rotatable bonds is 10. The molecule has 21 heavy (non-hydrogen) atoms. The van der Waals surface area contributed by atoms with E-state index in [2.05, 4.69) is 10.2 Å². The molecular formula is C14H22N2O5. The van der Waals surface area contributed by atoms with Gasteiger partial charge in [0.25, 0.3) is 0 Å². The fourth-order valence-electron chi connectivity index (χ4n) is 1.92. The summed E-state index contributed by atoms with van der Waals surface area (Å²) in [5, 5.41) is 17.3. The molecule has 0 radical (unpaired) electrons. The van der Waals surface area contributed by atoms with Crippen LogP contribution in [0.1, 0.15) is 35.5 Å². The molecule has 1 rings (SSSR count). The molecule has 0 aromatic carbocycles. The minimum absolute atomic E-state index is 0.0480. The number of carboxylic acids is 1. The molecule has 0 unspecified atom stereocenters. The van der Waals surface area contributed by atoms with Gasteiger partial charge in [0.2, 0.25) is 5.88 Å². The van der Waals surface area contributed by atoms with Gasteiger partial charge >= 0.3 is 5.97 Å². The molecule has 0 saturated carbocycles. The third kappa shape index (κ3) is 4.95. The summed E-state index contributed by atoms with van der Waals surface area (Å²) in [6, 6.07) is 0. The van der Waals surface area contributed by atoms with Crippen molar-refractivity contribution in [3.05, 3.63) is 16.8 Å². The van der Waals surface area contributed by atoms with Crippen LogP contribution >= 0.6 is 0 Å². The second kappa shape index (κ2) is 9.25. The highest BCUT2D eigenvalue weighted by atomic mass is 16.5. The standard InChI is InChI=1S/C14H22N2O5/c1-4-10-11(5-2)15-16-13(12(10)14(17)18)21-9-8-20-7-6-19-3/h4-9H2,1-3H3,(H,17,18). The summed E-state index contributed by atoms with van der Waals surface area (Å²) >= 11 is 0. The molecule has 0 spiro atoms. The molecule has 7 nitrogen and oxygen atoms in total. The lowest BCUT2D eigenvalue weighted by molar-refractivity contribution is 0.0524. The van der Waals surface area contributed by atoms with E-state index in [4.69, 9.17) is 14.2 Å². The van der Waals surface area contributed by atoms with Crippen LogP contribution in [0.5, 0.6) is 5.88 Å². The van der Waals surface area contributed by atoms with E-state index in [0.717, 1.165) is 0 Å². The zero-order valence-electron chi connectivity index (χ0n) is 12.7. The topological polar surface area (TPSA) is 90.8 Å². The van der Waals surface area contributed by atoms with Crippen LogP contribution in [0, 0.1) is 0 Å². The second-order valence-electron chi connectivity index (χ2n) is 4.27. The predicted octanol–water partition coefficient (Wildman–Crippen LogP) is 1.34. The quantitative estimate of drug-likeness (QED) is 0.652. The molecule has 0 amide bonds. The number of aromatic nitrogens is 2. The molecule has 0 aliphatic heterocycles. The van der Waals surface area contributed by atoms with Gasteiger partial charge in [-0.3, -0.25) is 0 Å². The lowest BCUT2D eigenvalue weighted by Gasteiger charge is -2.13. The van der Waals surface area contributed by atoms with Crippen molar-refractivity contribution in [2.75, 3.05) is 33.5 Å². The van der Waals surface area contributed by atoms with Crippen LogP contribution in [0.25, 0.3) is 0 Å². The number of carbonyl (C=O) groups is 1. The Morgan fingerprint density at radius 2 is 1.81 bits per heavy atom. The molecule has 0 fully saturated rings. The Morgan fingerprint density at radius 3 is 2.38 bits per heavy atom. The van der Waals surface area contributed by atoms with E-state index in [-0.39, 0.29) is 18.1 Å². The highest BCUT2D eigenvalue weighted by Gasteiger charge is 2.21. The van der Waals surface area contributed by atoms with Crippen molar-refractivity contribution in [1.29, 1.82) is 0 Å². The first kappa shape index (κ1) is 17.3. The number of aryl methyl sites for hydroxylation is 1. The molecule has 1 heterocycles. The Morgan fingerprint density at radius 1 is 1.10 bits per heavy atom. The fourth-order valence-corrected chi connectivity index (χ4v) is 1.92. The normalized spacial score (nSPS) is 10.6. The van der Waals surface area contributed by atoms with Gasteiger partial charge in [0.15, 0.2) is 0 Å². The summed E-state index contributed by atoms with van der Waals surface area (Å²) in [5.74, 6) is -1.00. The average Bonchev–Trinajstić information content (AvgIpc) is 2.49. The van der Waals surface area contributed by atoms with E-state index >= 15 is 0 Å². The number of hydrogen-bond acceptors (Lipinski definition) is 6. The van der Waals surface area contributed by atoms with E-state index < -0.39 is 5.97 Å². The Kier molecular flexibility index (Phi) is 7.63. The molecule has 1 aromatic rings. The van der Waals surface area contributed by atoms with Crippen LogP contribution < -0.4 is 4.74 Å². The highest BCUT2D eigenvalue weighted by molar-refractivity contribution is 5.92. The van der Waals surface area contributed by atoms with Crippen molar-refractivity contribution in [2.24, 2.45) is 0 Å². The van der Waals surface area contributed by atoms with E-state index in [9.17, 15) is 9.90 Å². The van der Waals surface area contributed by atoms with Crippen molar-refractivity contribution in [3.8, 4) is 5.88 Å². The minimum atomic E-state index is -1.05. The third-order valence-electron chi connectivity index (χ3n) is 2.93. The van der Waals surface area contributed by atoms with E-state index in [1.54, 1.807) is 7.11 Å². The summed E-state index contributed by atoms with van der Waals surface area (Å²) in [4.78, 5) is 11.4. The van der Waals surface area contributed by atoms with Gasteiger partial charge in [-0.05, 0) is 18.4 Å². The Hall–Kier alpha value is -1.73. The molecule has 7 heteroatoms. The van der Waals surface area contributed by atoms with Gasteiger partial charge in [-0.1, -0.05) is 13.8 Å². The minimum Gasteiger partial charge on any atom is -0.477 e. The van der Waals surface area contributed by atoms with Gasteiger partial charge < -0.3 is 19.3 Å². The molecule has 0 saturated heterocycles. The lowest BCUT2D eigenvalue weighted by atomic mass is 10.0. The second-order valence-corrected chi connectivity index (χ2v) is 4.27. The molecule has 1 aromatic heterocycles. The maximum atomic E-state index is 11.4. The highest BCUT2D eigenvalue weighted by Crippen LogP contribution is 2.22. The maximum absolute atomic E-state index is 11.4. The Balaban J connectivity index is 2.75. The van der Waals surface area contributed by atoms with Crippen LogP contribution in [0.15, 0.2) is 0 Å². The Labute approximate surface area is 124 Å². The largest absolute Gasteiger partial charge is 0.477 e. The van der Waals surface area contributed by atoms with Gasteiger partial charge in [0.05, 0.1) is 25.5 Å². The fraction of sp³-hybridized carbons (Fsp3) is 0.643. The number of hydrogen-bond donors (Lipinski definition) is 1. The zero-order valence-corrected chi connectivity index (χ0v) is 12.7. The number of aromatic carboxylic acids is 1. The van der Waals surface area contributed by atoms with Crippen LogP contribution in [0.3, 0.4) is 0 Å². The van der Waals surface area contributed by atoms with Crippen molar-refractivity contribution in [1.82, 2.24) is 10.2 Å².